The molecule has 0 radical (unpaired) electrons. The Morgan fingerprint density at radius 3 is 3.12 bits per heavy atom. The minimum atomic E-state index is 0.0195. The fraction of sp³-hybridized carbons (Fsp3) is 0.182. The summed E-state index contributed by atoms with van der Waals surface area (Å²) in [5.41, 5.74) is 5.30. The van der Waals surface area contributed by atoms with Gasteiger partial charge in [0.2, 0.25) is 0 Å². The quantitative estimate of drug-likeness (QED) is 0.729. The second-order valence-corrected chi connectivity index (χ2v) is 4.92. The number of aromatic nitrogens is 2. The molecule has 1 aromatic carbocycles. The van der Waals surface area contributed by atoms with Crippen molar-refractivity contribution in [1.82, 2.24) is 10.2 Å². The zero-order valence-electron chi connectivity index (χ0n) is 9.27. The Hall–Kier alpha value is -1.65. The summed E-state index contributed by atoms with van der Waals surface area (Å²) in [7, 11) is 0. The Morgan fingerprint density at radius 2 is 2.29 bits per heavy atom. The number of nitrogens with zero attached hydrogens (tertiary/aromatic N) is 3. The molecule has 0 aliphatic carbocycles. The summed E-state index contributed by atoms with van der Waals surface area (Å²) in [5, 5.41) is 10.3. The molecule has 1 aromatic heterocycles. The molecule has 0 amide bonds. The molecule has 17 heavy (non-hydrogen) atoms. The van der Waals surface area contributed by atoms with Crippen molar-refractivity contribution in [2.75, 3.05) is 5.32 Å². The molecule has 0 atom stereocenters. The number of benzene rings is 1. The van der Waals surface area contributed by atoms with Crippen LogP contribution in [-0.4, -0.2) is 24.8 Å². The number of nitrogens with one attached hydrogen (secondary N) is 2. The van der Waals surface area contributed by atoms with Crippen LogP contribution in [-0.2, 0) is 6.54 Å². The molecule has 86 valence electrons. The van der Waals surface area contributed by atoms with Crippen molar-refractivity contribution in [1.29, 1.82) is 0 Å². The van der Waals surface area contributed by atoms with Crippen molar-refractivity contribution in [3.8, 4) is 0 Å². The second kappa shape index (κ2) is 4.31. The number of aromatic amines is 1. The topological polar surface area (TPSA) is 65.4 Å². The van der Waals surface area contributed by atoms with E-state index < -0.39 is 0 Å². The van der Waals surface area contributed by atoms with Crippen molar-refractivity contribution in [2.45, 2.75) is 13.5 Å². The number of rotatable bonds is 3. The van der Waals surface area contributed by atoms with Crippen molar-refractivity contribution in [3.63, 3.8) is 0 Å². The Balaban J connectivity index is 1.81. The van der Waals surface area contributed by atoms with Crippen LogP contribution < -0.4 is 5.32 Å². The molecule has 2 aromatic rings. The van der Waals surface area contributed by atoms with E-state index in [0.717, 1.165) is 29.3 Å². The second-order valence-electron chi connectivity index (χ2n) is 3.81. The van der Waals surface area contributed by atoms with Crippen LogP contribution in [0.3, 0.4) is 0 Å². The number of anilines is 1. The fourth-order valence-corrected chi connectivity index (χ4v) is 2.85. The first kappa shape index (κ1) is 10.5. The summed E-state index contributed by atoms with van der Waals surface area (Å²) < 4.78 is 8.79. The van der Waals surface area contributed by atoms with Gasteiger partial charge in [0.25, 0.3) is 0 Å². The third-order valence-corrected chi connectivity index (χ3v) is 3.83. The summed E-state index contributed by atoms with van der Waals surface area (Å²) >= 11 is 0.0195. The van der Waals surface area contributed by atoms with Gasteiger partial charge in [0.05, 0.1) is 0 Å². The summed E-state index contributed by atoms with van der Waals surface area (Å²) in [5.74, 6) is 0. The number of hydrogen-bond acceptors (Lipinski definition) is 4. The van der Waals surface area contributed by atoms with Gasteiger partial charge in [-0.25, -0.2) is 0 Å². The number of aryl methyl sites for hydroxylation is 1. The standard InChI is InChI=1S/C11H11N5Se/c1-7-8(6-13-14-7)5-12-9-3-2-4-10-11(9)16-17-15-10/h2-4,6,12H,5H2,1H3,(H,13,14). The number of H-pyrrole nitrogens is 1. The third-order valence-electron chi connectivity index (χ3n) is 2.69. The van der Waals surface area contributed by atoms with Gasteiger partial charge >= 0.3 is 104 Å². The van der Waals surface area contributed by atoms with Crippen LogP contribution >= 0.6 is 0 Å². The summed E-state index contributed by atoms with van der Waals surface area (Å²) in [6, 6.07) is 6.04. The maximum atomic E-state index is 4.43. The van der Waals surface area contributed by atoms with E-state index in [1.165, 1.54) is 5.56 Å². The van der Waals surface area contributed by atoms with E-state index in [1.807, 2.05) is 31.3 Å². The van der Waals surface area contributed by atoms with E-state index in [4.69, 9.17) is 0 Å². The molecule has 1 aliphatic heterocycles. The monoisotopic (exact) mass is 293 g/mol. The van der Waals surface area contributed by atoms with Crippen LogP contribution in [0.15, 0.2) is 32.3 Å². The average Bonchev–Trinajstić information content (AvgIpc) is 2.95. The molecule has 2 N–H and O–H groups in total. The predicted molar refractivity (Wildman–Crippen MR) is 67.0 cm³/mol. The SMILES string of the molecule is Cc1[nH]ncc1CNc1cccc2c1N=[Se]=N2. The molecule has 0 spiro atoms. The van der Waals surface area contributed by atoms with Crippen molar-refractivity contribution < 1.29 is 0 Å². The van der Waals surface area contributed by atoms with Crippen LogP contribution in [0.2, 0.25) is 0 Å². The Labute approximate surface area is 104 Å². The van der Waals surface area contributed by atoms with E-state index in [-0.39, 0.29) is 14.6 Å². The Kier molecular flexibility index (Phi) is 2.66. The Morgan fingerprint density at radius 1 is 1.35 bits per heavy atom. The van der Waals surface area contributed by atoms with Gasteiger partial charge in [0.1, 0.15) is 0 Å². The number of hydrogen-bond donors (Lipinski definition) is 2. The summed E-state index contributed by atoms with van der Waals surface area (Å²) in [6.07, 6.45) is 1.84. The molecule has 6 heteroatoms. The molecule has 5 nitrogen and oxygen atoms in total. The normalized spacial score (nSPS) is 12.3. The van der Waals surface area contributed by atoms with E-state index in [2.05, 4.69) is 23.4 Å². The first-order valence-corrected chi connectivity index (χ1v) is 6.82. The molecule has 3 rings (SSSR count). The van der Waals surface area contributed by atoms with Crippen molar-refractivity contribution in [3.05, 3.63) is 35.7 Å². The molecular formula is C11H11N5Se. The van der Waals surface area contributed by atoms with Crippen molar-refractivity contribution >= 4 is 31.6 Å². The van der Waals surface area contributed by atoms with Crippen LogP contribution in [0.25, 0.3) is 0 Å². The first-order chi connectivity index (χ1) is 8.34. The van der Waals surface area contributed by atoms with Gasteiger partial charge in [-0.1, -0.05) is 0 Å². The van der Waals surface area contributed by atoms with Crippen LogP contribution in [0, 0.1) is 6.92 Å². The summed E-state index contributed by atoms with van der Waals surface area (Å²) in [4.78, 5) is 0. The third kappa shape index (κ3) is 1.97. The molecule has 0 saturated carbocycles. The molecule has 2 heterocycles. The number of fused-ring (bicyclic) bond motifs is 1. The Bertz CT molecular complexity index is 625. The van der Waals surface area contributed by atoms with Crippen molar-refractivity contribution in [2.24, 2.45) is 7.92 Å². The average molecular weight is 292 g/mol. The van der Waals surface area contributed by atoms with Gasteiger partial charge in [0.15, 0.2) is 0 Å². The molecule has 1 aliphatic rings. The van der Waals surface area contributed by atoms with Gasteiger partial charge in [-0.3, -0.25) is 0 Å². The van der Waals surface area contributed by atoms with Gasteiger partial charge in [-0.15, -0.1) is 0 Å². The van der Waals surface area contributed by atoms with Crippen LogP contribution in [0.1, 0.15) is 11.3 Å². The van der Waals surface area contributed by atoms with E-state index in [9.17, 15) is 0 Å². The van der Waals surface area contributed by atoms with E-state index >= 15 is 0 Å². The minimum absolute atomic E-state index is 0.0195. The molecule has 0 fully saturated rings. The van der Waals surface area contributed by atoms with Gasteiger partial charge in [0, 0.05) is 0 Å². The zero-order chi connectivity index (χ0) is 11.7. The van der Waals surface area contributed by atoms with Gasteiger partial charge < -0.3 is 0 Å². The first-order valence-electron chi connectivity index (χ1n) is 5.28. The van der Waals surface area contributed by atoms with E-state index in [1.54, 1.807) is 0 Å². The van der Waals surface area contributed by atoms with Gasteiger partial charge in [-0.2, -0.15) is 0 Å². The van der Waals surface area contributed by atoms with Gasteiger partial charge in [-0.05, 0) is 0 Å². The predicted octanol–water partition coefficient (Wildman–Crippen LogP) is 2.68. The molecule has 0 saturated heterocycles. The summed E-state index contributed by atoms with van der Waals surface area (Å²) in [6.45, 7) is 2.77. The maximum absolute atomic E-state index is 4.43. The molecule has 0 unspecified atom stereocenters. The van der Waals surface area contributed by atoms with Crippen LogP contribution in [0.4, 0.5) is 17.1 Å². The van der Waals surface area contributed by atoms with E-state index in [0.29, 0.717) is 0 Å². The molecule has 0 bridgehead atoms. The fourth-order valence-electron chi connectivity index (χ4n) is 1.69. The zero-order valence-corrected chi connectivity index (χ0v) is 11.0. The molecular weight excluding hydrogens is 281 g/mol. The van der Waals surface area contributed by atoms with Crippen LogP contribution in [0.5, 0.6) is 0 Å².